The summed E-state index contributed by atoms with van der Waals surface area (Å²) in [7, 11) is 0. The van der Waals surface area contributed by atoms with E-state index < -0.39 is 0 Å². The van der Waals surface area contributed by atoms with Gasteiger partial charge in [0.2, 0.25) is 11.8 Å². The van der Waals surface area contributed by atoms with Gasteiger partial charge in [-0.3, -0.25) is 9.59 Å². The van der Waals surface area contributed by atoms with Gasteiger partial charge in [-0.15, -0.1) is 0 Å². The summed E-state index contributed by atoms with van der Waals surface area (Å²) in [5.41, 5.74) is 0. The van der Waals surface area contributed by atoms with Crippen molar-refractivity contribution in [1.29, 1.82) is 0 Å². The van der Waals surface area contributed by atoms with Crippen molar-refractivity contribution in [3.05, 3.63) is 0 Å². The van der Waals surface area contributed by atoms with Crippen molar-refractivity contribution in [1.82, 2.24) is 10.2 Å². The third kappa shape index (κ3) is 4.72. The molecule has 21 heavy (non-hydrogen) atoms. The number of hydrogen-bond donors (Lipinski definition) is 1. The average Bonchev–Trinajstić information content (AvgIpc) is 2.46. The molecule has 0 aromatic carbocycles. The van der Waals surface area contributed by atoms with Gasteiger partial charge in [0.15, 0.2) is 0 Å². The molecule has 120 valence electrons. The predicted octanol–water partition coefficient (Wildman–Crippen LogP) is 2.72. The summed E-state index contributed by atoms with van der Waals surface area (Å²) in [4.78, 5) is 25.9. The van der Waals surface area contributed by atoms with E-state index in [9.17, 15) is 9.59 Å². The van der Waals surface area contributed by atoms with E-state index in [1.54, 1.807) is 0 Å². The van der Waals surface area contributed by atoms with E-state index in [1.165, 1.54) is 19.3 Å². The lowest BCUT2D eigenvalue weighted by atomic mass is 9.85. The van der Waals surface area contributed by atoms with Crippen LogP contribution in [0.5, 0.6) is 0 Å². The molecule has 0 spiro atoms. The minimum Gasteiger partial charge on any atom is -0.353 e. The summed E-state index contributed by atoms with van der Waals surface area (Å²) >= 11 is 0. The molecule has 0 aromatic rings. The van der Waals surface area contributed by atoms with Crippen molar-refractivity contribution in [2.45, 2.75) is 71.3 Å². The largest absolute Gasteiger partial charge is 0.353 e. The Morgan fingerprint density at radius 2 is 2.19 bits per heavy atom. The first-order valence-corrected chi connectivity index (χ1v) is 8.67. The standard InChI is InChI=1S/C17H30N2O2/c1-3-4-5-6-13(2)11-17(21)19-10-9-15-14(12-19)7-8-16(20)18-15/h13-15H,3-12H2,1-2H3,(H,18,20). The van der Waals surface area contributed by atoms with Crippen molar-refractivity contribution in [2.75, 3.05) is 13.1 Å². The Morgan fingerprint density at radius 3 is 2.95 bits per heavy atom. The fourth-order valence-corrected chi connectivity index (χ4v) is 3.61. The molecule has 0 bridgehead atoms. The summed E-state index contributed by atoms with van der Waals surface area (Å²) in [5.74, 6) is 1.46. The number of nitrogens with one attached hydrogen (secondary N) is 1. The maximum Gasteiger partial charge on any atom is 0.222 e. The summed E-state index contributed by atoms with van der Waals surface area (Å²) in [5, 5.41) is 3.08. The number of carbonyl (C=O) groups is 2. The first-order chi connectivity index (χ1) is 10.1. The number of likely N-dealkylation sites (tertiary alicyclic amines) is 1. The number of hydrogen-bond acceptors (Lipinski definition) is 2. The third-order valence-electron chi connectivity index (χ3n) is 5.00. The molecule has 2 fully saturated rings. The molecule has 0 radical (unpaired) electrons. The van der Waals surface area contributed by atoms with Crippen molar-refractivity contribution in [3.8, 4) is 0 Å². The van der Waals surface area contributed by atoms with E-state index >= 15 is 0 Å². The molecule has 2 rings (SSSR count). The molecule has 3 unspecified atom stereocenters. The monoisotopic (exact) mass is 294 g/mol. The second-order valence-corrected chi connectivity index (χ2v) is 6.91. The highest BCUT2D eigenvalue weighted by Crippen LogP contribution is 2.26. The van der Waals surface area contributed by atoms with E-state index in [4.69, 9.17) is 0 Å². The van der Waals surface area contributed by atoms with Gasteiger partial charge in [0, 0.05) is 32.0 Å². The summed E-state index contributed by atoms with van der Waals surface area (Å²) < 4.78 is 0. The minimum atomic E-state index is 0.181. The molecular weight excluding hydrogens is 264 g/mol. The van der Waals surface area contributed by atoms with Crippen LogP contribution in [0.3, 0.4) is 0 Å². The van der Waals surface area contributed by atoms with Crippen LogP contribution in [0.1, 0.15) is 65.2 Å². The highest BCUT2D eigenvalue weighted by molar-refractivity contribution is 5.78. The van der Waals surface area contributed by atoms with Crippen molar-refractivity contribution >= 4 is 11.8 Å². The molecule has 4 heteroatoms. The smallest absolute Gasteiger partial charge is 0.222 e. The molecule has 4 nitrogen and oxygen atoms in total. The van der Waals surface area contributed by atoms with Gasteiger partial charge in [0.05, 0.1) is 0 Å². The number of carbonyl (C=O) groups excluding carboxylic acids is 2. The topological polar surface area (TPSA) is 49.4 Å². The van der Waals surface area contributed by atoms with E-state index in [0.717, 1.165) is 32.4 Å². The molecule has 2 heterocycles. The van der Waals surface area contributed by atoms with Crippen LogP contribution < -0.4 is 5.32 Å². The van der Waals surface area contributed by atoms with Crippen LogP contribution in [-0.2, 0) is 9.59 Å². The average molecular weight is 294 g/mol. The zero-order valence-electron chi connectivity index (χ0n) is 13.6. The number of unbranched alkanes of at least 4 members (excludes halogenated alkanes) is 2. The Kier molecular flexibility index (Phi) is 6.07. The lowest BCUT2D eigenvalue weighted by molar-refractivity contribution is -0.135. The van der Waals surface area contributed by atoms with Crippen LogP contribution >= 0.6 is 0 Å². The normalized spacial score (nSPS) is 27.0. The zero-order chi connectivity index (χ0) is 15.2. The van der Waals surface area contributed by atoms with Crippen LogP contribution in [0.15, 0.2) is 0 Å². The van der Waals surface area contributed by atoms with Crippen LogP contribution in [0.25, 0.3) is 0 Å². The maximum atomic E-state index is 12.4. The maximum absolute atomic E-state index is 12.4. The molecule has 2 amide bonds. The summed E-state index contributed by atoms with van der Waals surface area (Å²) in [6, 6.07) is 0.303. The Bertz CT molecular complexity index is 370. The fraction of sp³-hybridized carbons (Fsp3) is 0.882. The van der Waals surface area contributed by atoms with Gasteiger partial charge < -0.3 is 10.2 Å². The third-order valence-corrected chi connectivity index (χ3v) is 5.00. The zero-order valence-corrected chi connectivity index (χ0v) is 13.6. The molecule has 0 aliphatic carbocycles. The van der Waals surface area contributed by atoms with E-state index in [2.05, 4.69) is 19.2 Å². The van der Waals surface area contributed by atoms with Crippen LogP contribution in [0.4, 0.5) is 0 Å². The first-order valence-electron chi connectivity index (χ1n) is 8.67. The van der Waals surface area contributed by atoms with Crippen molar-refractivity contribution < 1.29 is 9.59 Å². The van der Waals surface area contributed by atoms with Gasteiger partial charge >= 0.3 is 0 Å². The van der Waals surface area contributed by atoms with Crippen LogP contribution in [-0.4, -0.2) is 35.8 Å². The second-order valence-electron chi connectivity index (χ2n) is 6.91. The molecular formula is C17H30N2O2. The Balaban J connectivity index is 1.75. The van der Waals surface area contributed by atoms with Crippen molar-refractivity contribution in [2.24, 2.45) is 11.8 Å². The Hall–Kier alpha value is -1.06. The van der Waals surface area contributed by atoms with Gasteiger partial charge in [-0.2, -0.15) is 0 Å². The van der Waals surface area contributed by atoms with Crippen molar-refractivity contribution in [3.63, 3.8) is 0 Å². The van der Waals surface area contributed by atoms with Gasteiger partial charge in [-0.25, -0.2) is 0 Å². The molecule has 0 aromatic heterocycles. The van der Waals surface area contributed by atoms with E-state index in [1.807, 2.05) is 4.90 Å². The molecule has 2 saturated heterocycles. The van der Waals surface area contributed by atoms with Gasteiger partial charge in [0.1, 0.15) is 0 Å². The molecule has 1 N–H and O–H groups in total. The number of fused-ring (bicyclic) bond motifs is 1. The van der Waals surface area contributed by atoms with Gasteiger partial charge in [-0.1, -0.05) is 39.5 Å². The quantitative estimate of drug-likeness (QED) is 0.766. The Morgan fingerprint density at radius 1 is 1.38 bits per heavy atom. The minimum absolute atomic E-state index is 0.181. The molecule has 2 aliphatic rings. The first kappa shape index (κ1) is 16.3. The van der Waals surface area contributed by atoms with Gasteiger partial charge in [0.25, 0.3) is 0 Å². The predicted molar refractivity (Wildman–Crippen MR) is 83.8 cm³/mol. The Labute approximate surface area is 128 Å². The lowest BCUT2D eigenvalue weighted by Crippen LogP contribution is -2.55. The highest BCUT2D eigenvalue weighted by atomic mass is 16.2. The van der Waals surface area contributed by atoms with Crippen LogP contribution in [0.2, 0.25) is 0 Å². The number of amides is 2. The summed E-state index contributed by atoms with van der Waals surface area (Å²) in [6.07, 6.45) is 8.08. The fourth-order valence-electron chi connectivity index (χ4n) is 3.61. The van der Waals surface area contributed by atoms with E-state index in [0.29, 0.717) is 36.6 Å². The van der Waals surface area contributed by atoms with E-state index in [-0.39, 0.29) is 5.91 Å². The highest BCUT2D eigenvalue weighted by Gasteiger charge is 2.35. The van der Waals surface area contributed by atoms with Gasteiger partial charge in [-0.05, 0) is 24.7 Å². The number of piperidine rings is 2. The molecule has 2 aliphatic heterocycles. The lowest BCUT2D eigenvalue weighted by Gasteiger charge is -2.41. The number of rotatable bonds is 6. The summed E-state index contributed by atoms with van der Waals surface area (Å²) in [6.45, 7) is 6.05. The molecule has 0 saturated carbocycles. The second kappa shape index (κ2) is 7.81. The molecule has 3 atom stereocenters. The number of nitrogens with zero attached hydrogens (tertiary/aromatic N) is 1. The van der Waals surface area contributed by atoms with Crippen LogP contribution in [0, 0.1) is 11.8 Å². The SMILES string of the molecule is CCCCCC(C)CC(=O)N1CCC2NC(=O)CCC2C1.